The highest BCUT2D eigenvalue weighted by atomic mass is 15.2. The summed E-state index contributed by atoms with van der Waals surface area (Å²) in [5.74, 6) is 0. The van der Waals surface area contributed by atoms with E-state index in [1.165, 1.54) is 71.6 Å². The topological polar surface area (TPSA) is 16.3 Å². The van der Waals surface area contributed by atoms with Crippen LogP contribution in [0.1, 0.15) is 18.4 Å². The number of para-hydroxylation sites is 4. The molecule has 0 N–H and O–H groups in total. The van der Waals surface area contributed by atoms with E-state index in [0.717, 1.165) is 63.8 Å². The van der Waals surface area contributed by atoms with E-state index in [0.29, 0.717) is 0 Å². The van der Waals surface area contributed by atoms with Crippen molar-refractivity contribution in [2.24, 2.45) is 0 Å². The van der Waals surface area contributed by atoms with Gasteiger partial charge in [0.2, 0.25) is 0 Å². The lowest BCUT2D eigenvalue weighted by Crippen LogP contribution is -2.17. The third kappa shape index (κ3) is 8.05. The fourth-order valence-corrected chi connectivity index (χ4v) is 11.6. The minimum Gasteiger partial charge on any atom is -0.311 e. The van der Waals surface area contributed by atoms with Gasteiger partial charge in [0.1, 0.15) is 0 Å². The largest absolute Gasteiger partial charge is 0.311 e. The van der Waals surface area contributed by atoms with Crippen LogP contribution in [0.2, 0.25) is 0 Å². The maximum Gasteiger partial charge on any atom is 0.0542 e. The predicted octanol–water partition coefficient (Wildman–Crippen LogP) is 19.6. The van der Waals surface area contributed by atoms with Crippen molar-refractivity contribution in [2.45, 2.75) is 12.8 Å². The van der Waals surface area contributed by atoms with Crippen molar-refractivity contribution in [1.29, 1.82) is 0 Å². The zero-order valence-electron chi connectivity index (χ0n) is 41.9. The van der Waals surface area contributed by atoms with Crippen LogP contribution in [-0.2, 0) is 0 Å². The van der Waals surface area contributed by atoms with Crippen molar-refractivity contribution in [3.8, 4) is 33.6 Å². The van der Waals surface area contributed by atoms with Crippen LogP contribution < -0.4 is 9.80 Å². The Morgan fingerprint density at radius 3 is 1.24 bits per heavy atom. The van der Waals surface area contributed by atoms with Crippen LogP contribution in [-0.4, -0.2) is 9.13 Å². The molecule has 14 rings (SSSR count). The third-order valence-electron chi connectivity index (χ3n) is 15.1. The molecule has 0 atom stereocenters. The van der Waals surface area contributed by atoms with Gasteiger partial charge in [-0.3, -0.25) is 0 Å². The van der Waals surface area contributed by atoms with Crippen molar-refractivity contribution in [2.75, 3.05) is 9.80 Å². The number of aromatic nitrogens is 2. The van der Waals surface area contributed by atoms with E-state index in [2.05, 4.69) is 310 Å². The van der Waals surface area contributed by atoms with Gasteiger partial charge in [0.05, 0.1) is 22.1 Å². The number of allylic oxidation sites excluding steroid dienone is 3. The van der Waals surface area contributed by atoms with E-state index in [-0.39, 0.29) is 0 Å². The Hall–Kier alpha value is -9.90. The Morgan fingerprint density at radius 1 is 0.276 bits per heavy atom. The molecule has 4 nitrogen and oxygen atoms in total. The Bertz CT molecular complexity index is 4300. The van der Waals surface area contributed by atoms with E-state index < -0.39 is 0 Å². The van der Waals surface area contributed by atoms with Gasteiger partial charge in [-0.05, 0) is 162 Å². The van der Waals surface area contributed by atoms with Crippen molar-refractivity contribution in [3.63, 3.8) is 0 Å². The highest BCUT2D eigenvalue weighted by molar-refractivity contribution is 6.12. The first-order valence-corrected chi connectivity index (χ1v) is 26.3. The number of hydrogen-bond acceptors (Lipinski definition) is 2. The Morgan fingerprint density at radius 2 is 0.684 bits per heavy atom. The molecule has 4 heteroatoms. The normalized spacial score (nSPS) is 12.5. The SMILES string of the molecule is C1=C(c2ccccc2)CCC=C1N(c1ccc(-c2ccc(N(c3cccc(-c4ccccc4)c3)c3ccc4c(c3)c3ccccc3n4-c3ccccc3)cc2)cc1)c1ccc2c(c1)c1ccccc1n2-c1ccccc1. The summed E-state index contributed by atoms with van der Waals surface area (Å²) in [4.78, 5) is 4.84. The summed E-state index contributed by atoms with van der Waals surface area (Å²) in [7, 11) is 0. The summed E-state index contributed by atoms with van der Waals surface area (Å²) in [5, 5.41) is 4.89. The third-order valence-corrected chi connectivity index (χ3v) is 15.1. The molecule has 0 saturated carbocycles. The van der Waals surface area contributed by atoms with Crippen LogP contribution in [0.15, 0.2) is 297 Å². The number of benzene rings is 11. The van der Waals surface area contributed by atoms with E-state index in [4.69, 9.17) is 0 Å². The molecule has 1 aliphatic rings. The summed E-state index contributed by atoms with van der Waals surface area (Å²) in [5.41, 5.74) is 21.0. The predicted molar refractivity (Wildman–Crippen MR) is 321 cm³/mol. The summed E-state index contributed by atoms with van der Waals surface area (Å²) in [6.07, 6.45) is 6.76. The van der Waals surface area contributed by atoms with Gasteiger partial charge < -0.3 is 18.9 Å². The molecule has 0 radical (unpaired) electrons. The lowest BCUT2D eigenvalue weighted by Gasteiger charge is -2.29. The number of rotatable bonds is 11. The Labute approximate surface area is 443 Å². The molecule has 0 unspecified atom stereocenters. The molecular formula is C72H52N4. The van der Waals surface area contributed by atoms with Gasteiger partial charge in [0.15, 0.2) is 0 Å². The molecular weight excluding hydrogens is 921 g/mol. The quantitative estimate of drug-likeness (QED) is 0.128. The van der Waals surface area contributed by atoms with Gasteiger partial charge in [-0.25, -0.2) is 0 Å². The molecule has 2 aromatic heterocycles. The second-order valence-electron chi connectivity index (χ2n) is 19.7. The average Bonchev–Trinajstić information content (AvgIpc) is 4.10. The standard InChI is InChI=1S/C72H52N4/c1-5-19-51(20-6-1)55-23-17-29-61(47-55)73(63-43-45-71-67(49-63)65-31-13-15-33-69(65)75(71)57-25-9-3-10-26-57)59-39-35-53(36-40-59)54-37-41-60(42-38-54)74(62-30-18-24-56(48-62)52-21-7-2-8-22-52)64-44-46-72-68(50-64)66-32-14-16-34-70(66)76(72)58-27-11-4-12-28-58/h1-17,19-23,25-50H,18,24H2. The van der Waals surface area contributed by atoms with E-state index in [9.17, 15) is 0 Å². The first-order valence-electron chi connectivity index (χ1n) is 26.3. The van der Waals surface area contributed by atoms with Gasteiger partial charge >= 0.3 is 0 Å². The van der Waals surface area contributed by atoms with Gasteiger partial charge in [0, 0.05) is 67.1 Å². The molecule has 0 saturated heterocycles. The fourth-order valence-electron chi connectivity index (χ4n) is 11.6. The molecule has 0 bridgehead atoms. The van der Waals surface area contributed by atoms with Crippen LogP contribution in [0.4, 0.5) is 28.4 Å². The lowest BCUT2D eigenvalue weighted by atomic mass is 9.95. The Kier molecular flexibility index (Phi) is 11.3. The van der Waals surface area contributed by atoms with Gasteiger partial charge in [-0.2, -0.15) is 0 Å². The maximum absolute atomic E-state index is 2.44. The lowest BCUT2D eigenvalue weighted by molar-refractivity contribution is 1.01. The molecule has 13 aromatic rings. The van der Waals surface area contributed by atoms with Crippen molar-refractivity contribution >= 4 is 77.6 Å². The summed E-state index contributed by atoms with van der Waals surface area (Å²) in [6.45, 7) is 0. The first kappa shape index (κ1) is 44.8. The smallest absolute Gasteiger partial charge is 0.0542 e. The molecule has 0 amide bonds. The van der Waals surface area contributed by atoms with Gasteiger partial charge in [-0.15, -0.1) is 0 Å². The van der Waals surface area contributed by atoms with Crippen LogP contribution in [0, 0.1) is 0 Å². The minimum absolute atomic E-state index is 0.963. The summed E-state index contributed by atoms with van der Waals surface area (Å²) < 4.78 is 4.76. The summed E-state index contributed by atoms with van der Waals surface area (Å²) >= 11 is 0. The first-order chi connectivity index (χ1) is 37.7. The minimum atomic E-state index is 0.963. The van der Waals surface area contributed by atoms with E-state index >= 15 is 0 Å². The molecule has 0 aliphatic heterocycles. The number of anilines is 5. The van der Waals surface area contributed by atoms with E-state index in [1.54, 1.807) is 0 Å². The Balaban J connectivity index is 0.854. The highest BCUT2D eigenvalue weighted by Crippen LogP contribution is 2.44. The number of fused-ring (bicyclic) bond motifs is 6. The highest BCUT2D eigenvalue weighted by Gasteiger charge is 2.22. The maximum atomic E-state index is 2.44. The average molecular weight is 973 g/mol. The number of nitrogens with zero attached hydrogens (tertiary/aromatic N) is 4. The van der Waals surface area contributed by atoms with Crippen LogP contribution in [0.5, 0.6) is 0 Å². The molecule has 0 spiro atoms. The van der Waals surface area contributed by atoms with E-state index in [1.807, 2.05) is 0 Å². The monoisotopic (exact) mass is 972 g/mol. The molecule has 11 aromatic carbocycles. The van der Waals surface area contributed by atoms with Gasteiger partial charge in [-0.1, -0.05) is 176 Å². The van der Waals surface area contributed by atoms with Crippen LogP contribution >= 0.6 is 0 Å². The molecule has 76 heavy (non-hydrogen) atoms. The fraction of sp³-hybridized carbons (Fsp3) is 0.0278. The zero-order valence-corrected chi connectivity index (χ0v) is 41.9. The van der Waals surface area contributed by atoms with Crippen molar-refractivity contribution < 1.29 is 0 Å². The second-order valence-corrected chi connectivity index (χ2v) is 19.7. The van der Waals surface area contributed by atoms with Crippen molar-refractivity contribution in [3.05, 3.63) is 302 Å². The molecule has 1 aliphatic carbocycles. The molecule has 360 valence electrons. The van der Waals surface area contributed by atoms with Gasteiger partial charge in [0.25, 0.3) is 0 Å². The molecule has 0 fully saturated rings. The van der Waals surface area contributed by atoms with Crippen molar-refractivity contribution in [1.82, 2.24) is 9.13 Å². The van der Waals surface area contributed by atoms with Crippen LogP contribution in [0.25, 0.3) is 82.8 Å². The van der Waals surface area contributed by atoms with Crippen LogP contribution in [0.3, 0.4) is 0 Å². The second kappa shape index (κ2) is 19.2. The molecule has 2 heterocycles. The zero-order chi connectivity index (χ0) is 50.4. The number of hydrogen-bond donors (Lipinski definition) is 0. The summed E-state index contributed by atoms with van der Waals surface area (Å²) in [6, 6.07) is 101.